The van der Waals surface area contributed by atoms with Crippen molar-refractivity contribution in [3.05, 3.63) is 64.7 Å². The second kappa shape index (κ2) is 15.1. The summed E-state index contributed by atoms with van der Waals surface area (Å²) in [7, 11) is 3.32. The average Bonchev–Trinajstić information content (AvgIpc) is 3.28. The van der Waals surface area contributed by atoms with Crippen LogP contribution in [0.25, 0.3) is 5.76 Å². The van der Waals surface area contributed by atoms with Gasteiger partial charge < -0.3 is 14.2 Å². The minimum absolute atomic E-state index is 0.114. The maximum absolute atomic E-state index is 13.0. The highest BCUT2D eigenvalue weighted by Gasteiger charge is 2.30. The van der Waals surface area contributed by atoms with Crippen molar-refractivity contribution in [2.45, 2.75) is 90.5 Å². The minimum atomic E-state index is -0.114. The van der Waals surface area contributed by atoms with Gasteiger partial charge in [-0.3, -0.25) is 9.69 Å². The highest BCUT2D eigenvalue weighted by Crippen LogP contribution is 2.43. The van der Waals surface area contributed by atoms with Crippen LogP contribution in [0.3, 0.4) is 0 Å². The molecule has 2 aliphatic rings. The molecule has 0 saturated carbocycles. The van der Waals surface area contributed by atoms with Crippen LogP contribution in [0.15, 0.2) is 48.0 Å². The highest BCUT2D eigenvalue weighted by molar-refractivity contribution is 5.83. The highest BCUT2D eigenvalue weighted by atomic mass is 16.5. The number of piperidine rings is 1. The van der Waals surface area contributed by atoms with E-state index in [1.807, 2.05) is 12.1 Å². The molecule has 2 aromatic rings. The van der Waals surface area contributed by atoms with Crippen molar-refractivity contribution in [1.29, 1.82) is 0 Å². The Hall–Kier alpha value is -2.79. The molecule has 212 valence electrons. The van der Waals surface area contributed by atoms with Crippen LogP contribution in [0.1, 0.15) is 94.2 Å². The molecule has 0 unspecified atom stereocenters. The number of carbonyl (C=O) groups is 1. The summed E-state index contributed by atoms with van der Waals surface area (Å²) in [6.07, 6.45) is 12.9. The summed E-state index contributed by atoms with van der Waals surface area (Å²) in [5.74, 6) is 2.65. The smallest absolute Gasteiger partial charge is 0.311 e. The Kier molecular flexibility index (Phi) is 11.3. The van der Waals surface area contributed by atoms with Crippen LogP contribution in [0.2, 0.25) is 0 Å². The molecule has 1 saturated heterocycles. The lowest BCUT2D eigenvalue weighted by Crippen LogP contribution is -2.33. The Bertz CT molecular complexity index is 1090. The van der Waals surface area contributed by atoms with Crippen molar-refractivity contribution in [3.63, 3.8) is 0 Å². The second-order valence-corrected chi connectivity index (χ2v) is 11.2. The largest absolute Gasteiger partial charge is 0.493 e. The number of nitrogens with zero attached hydrogens (tertiary/aromatic N) is 1. The summed E-state index contributed by atoms with van der Waals surface area (Å²) in [5, 5.41) is 0. The first-order valence-electron chi connectivity index (χ1n) is 15.1. The van der Waals surface area contributed by atoms with Crippen molar-refractivity contribution >= 4 is 11.7 Å². The monoisotopic (exact) mass is 533 g/mol. The van der Waals surface area contributed by atoms with E-state index in [9.17, 15) is 4.79 Å². The van der Waals surface area contributed by atoms with Gasteiger partial charge in [-0.15, -0.1) is 0 Å². The van der Waals surface area contributed by atoms with Crippen LogP contribution in [-0.2, 0) is 22.5 Å². The van der Waals surface area contributed by atoms with E-state index in [0.717, 1.165) is 68.0 Å². The molecule has 0 spiro atoms. The SMILES string of the molecule is CCCCCCCCCC(=O)OC1=C(CC2CCN(Cc3ccccc3)CC2)Cc2cc(OC)c(OC)cc21. The number of methoxy groups -OCH3 is 2. The molecule has 5 heteroatoms. The van der Waals surface area contributed by atoms with E-state index in [2.05, 4.69) is 42.2 Å². The van der Waals surface area contributed by atoms with Gasteiger partial charge >= 0.3 is 5.97 Å². The van der Waals surface area contributed by atoms with Gasteiger partial charge in [-0.1, -0.05) is 75.8 Å². The molecule has 0 aromatic heterocycles. The zero-order valence-electron chi connectivity index (χ0n) is 24.3. The van der Waals surface area contributed by atoms with Gasteiger partial charge in [-0.05, 0) is 79.9 Å². The van der Waals surface area contributed by atoms with E-state index in [0.29, 0.717) is 18.1 Å². The number of unbranched alkanes of at least 4 members (excludes halogenated alkanes) is 6. The van der Waals surface area contributed by atoms with E-state index in [1.54, 1.807) is 14.2 Å². The first-order chi connectivity index (χ1) is 19.1. The van der Waals surface area contributed by atoms with E-state index in [-0.39, 0.29) is 5.97 Å². The lowest BCUT2D eigenvalue weighted by molar-refractivity contribution is -0.136. The van der Waals surface area contributed by atoms with Crippen molar-refractivity contribution < 1.29 is 19.0 Å². The zero-order chi connectivity index (χ0) is 27.5. The van der Waals surface area contributed by atoms with Crippen LogP contribution in [0.4, 0.5) is 0 Å². The standard InChI is InChI=1S/C34H47NO4/c1-4-5-6-7-8-9-13-16-33(36)39-34-29(22-28-23-31(37-2)32(38-3)24-30(28)34)21-26-17-19-35(20-18-26)25-27-14-11-10-12-15-27/h10-12,14-15,23-24,26H,4-9,13,16-22,25H2,1-3H3. The molecule has 4 rings (SSSR count). The summed E-state index contributed by atoms with van der Waals surface area (Å²) in [4.78, 5) is 15.5. The molecule has 1 fully saturated rings. The zero-order valence-corrected chi connectivity index (χ0v) is 24.3. The van der Waals surface area contributed by atoms with Crippen LogP contribution in [0, 0.1) is 5.92 Å². The maximum Gasteiger partial charge on any atom is 0.311 e. The van der Waals surface area contributed by atoms with Gasteiger partial charge in [0.2, 0.25) is 0 Å². The topological polar surface area (TPSA) is 48.0 Å². The molecule has 0 bridgehead atoms. The predicted octanol–water partition coefficient (Wildman–Crippen LogP) is 7.96. The summed E-state index contributed by atoms with van der Waals surface area (Å²) in [5.41, 5.74) is 4.76. The van der Waals surface area contributed by atoms with Crippen molar-refractivity contribution in [2.24, 2.45) is 5.92 Å². The van der Waals surface area contributed by atoms with Crippen molar-refractivity contribution in [2.75, 3.05) is 27.3 Å². The van der Waals surface area contributed by atoms with Crippen LogP contribution >= 0.6 is 0 Å². The lowest BCUT2D eigenvalue weighted by Gasteiger charge is -2.32. The maximum atomic E-state index is 13.0. The fourth-order valence-electron chi connectivity index (χ4n) is 6.00. The Morgan fingerprint density at radius 3 is 2.26 bits per heavy atom. The predicted molar refractivity (Wildman–Crippen MR) is 158 cm³/mol. The molecule has 5 nitrogen and oxygen atoms in total. The number of esters is 1. The Labute approximate surface area is 235 Å². The van der Waals surface area contributed by atoms with Crippen molar-refractivity contribution in [1.82, 2.24) is 4.90 Å². The normalized spacial score (nSPS) is 15.9. The van der Waals surface area contributed by atoms with E-state index in [1.165, 1.54) is 56.1 Å². The quantitative estimate of drug-likeness (QED) is 0.172. The Morgan fingerprint density at radius 2 is 1.56 bits per heavy atom. The van der Waals surface area contributed by atoms with Gasteiger partial charge in [0.1, 0.15) is 5.76 Å². The van der Waals surface area contributed by atoms with Gasteiger partial charge in [0.25, 0.3) is 0 Å². The molecule has 0 amide bonds. The Morgan fingerprint density at radius 1 is 0.897 bits per heavy atom. The van der Waals surface area contributed by atoms with Gasteiger partial charge in [-0.2, -0.15) is 0 Å². The van der Waals surface area contributed by atoms with E-state index < -0.39 is 0 Å². The number of likely N-dealkylation sites (tertiary alicyclic amines) is 1. The lowest BCUT2D eigenvalue weighted by atomic mass is 9.89. The number of allylic oxidation sites excluding steroid dienone is 1. The third-order valence-electron chi connectivity index (χ3n) is 8.27. The molecular formula is C34H47NO4. The molecular weight excluding hydrogens is 486 g/mol. The molecule has 39 heavy (non-hydrogen) atoms. The van der Waals surface area contributed by atoms with Crippen molar-refractivity contribution in [3.8, 4) is 11.5 Å². The number of benzene rings is 2. The molecule has 1 aliphatic heterocycles. The third-order valence-corrected chi connectivity index (χ3v) is 8.27. The van der Waals surface area contributed by atoms with Crippen LogP contribution in [0.5, 0.6) is 11.5 Å². The molecule has 0 radical (unpaired) electrons. The second-order valence-electron chi connectivity index (χ2n) is 11.2. The summed E-state index contributed by atoms with van der Waals surface area (Å²) in [6.45, 7) is 5.47. The molecule has 0 atom stereocenters. The number of fused-ring (bicyclic) bond motifs is 1. The van der Waals surface area contributed by atoms with Gasteiger partial charge in [0.15, 0.2) is 11.5 Å². The van der Waals surface area contributed by atoms with Gasteiger partial charge in [0, 0.05) is 18.5 Å². The Balaban J connectivity index is 1.38. The molecule has 1 aliphatic carbocycles. The van der Waals surface area contributed by atoms with Gasteiger partial charge in [-0.25, -0.2) is 0 Å². The van der Waals surface area contributed by atoms with Crippen LogP contribution < -0.4 is 9.47 Å². The van der Waals surface area contributed by atoms with E-state index in [4.69, 9.17) is 14.2 Å². The van der Waals surface area contributed by atoms with E-state index >= 15 is 0 Å². The summed E-state index contributed by atoms with van der Waals surface area (Å²) in [6, 6.07) is 14.8. The minimum Gasteiger partial charge on any atom is -0.493 e. The number of carbonyl (C=O) groups excluding carboxylic acids is 1. The summed E-state index contributed by atoms with van der Waals surface area (Å²) < 4.78 is 17.3. The fraction of sp³-hybridized carbons (Fsp3) is 0.559. The fourth-order valence-corrected chi connectivity index (χ4v) is 6.00. The molecule has 1 heterocycles. The average molecular weight is 534 g/mol. The first-order valence-corrected chi connectivity index (χ1v) is 15.1. The number of hydrogen-bond donors (Lipinski definition) is 0. The first kappa shape index (κ1) is 29.2. The number of rotatable bonds is 15. The number of ether oxygens (including phenoxy) is 3. The third kappa shape index (κ3) is 8.35. The molecule has 0 N–H and O–H groups in total. The molecule has 2 aromatic carbocycles. The number of hydrogen-bond acceptors (Lipinski definition) is 5. The van der Waals surface area contributed by atoms with Gasteiger partial charge in [0.05, 0.1) is 14.2 Å². The summed E-state index contributed by atoms with van der Waals surface area (Å²) >= 11 is 0. The van der Waals surface area contributed by atoms with Crippen LogP contribution in [-0.4, -0.2) is 38.2 Å².